The summed E-state index contributed by atoms with van der Waals surface area (Å²) in [5.74, 6) is 0.515. The summed E-state index contributed by atoms with van der Waals surface area (Å²) in [5.41, 5.74) is 3.70. The van der Waals surface area contributed by atoms with Crippen LogP contribution in [0.1, 0.15) is 33.3 Å². The smallest absolute Gasteiger partial charge is 0.0913 e. The summed E-state index contributed by atoms with van der Waals surface area (Å²) in [5, 5.41) is 1.50. The average molecular weight is 341 g/mol. The third-order valence-corrected chi connectivity index (χ3v) is 8.27. The molecule has 0 radical (unpaired) electrons. The SMILES string of the molecule is C=CC[Si](C)(C)c1ccc(C[C@@H]2N=C(C)[C@@H](C(C)C)N=C2C)cc1. The normalized spacial score (nSPS) is 21.5. The molecule has 1 aliphatic heterocycles. The number of benzene rings is 1. The van der Waals surface area contributed by atoms with Crippen molar-refractivity contribution in [1.82, 2.24) is 0 Å². The Hall–Kier alpha value is -1.48. The maximum absolute atomic E-state index is 4.94. The van der Waals surface area contributed by atoms with Crippen molar-refractivity contribution in [3.05, 3.63) is 42.5 Å². The number of hydrogen-bond acceptors (Lipinski definition) is 2. The van der Waals surface area contributed by atoms with E-state index in [1.165, 1.54) is 22.2 Å². The lowest BCUT2D eigenvalue weighted by molar-refractivity contribution is 0.580. The molecule has 0 aromatic heterocycles. The second-order valence-electron chi connectivity index (χ2n) is 8.02. The predicted molar refractivity (Wildman–Crippen MR) is 111 cm³/mol. The minimum Gasteiger partial charge on any atom is -0.283 e. The van der Waals surface area contributed by atoms with Gasteiger partial charge in [0.25, 0.3) is 0 Å². The second-order valence-corrected chi connectivity index (χ2v) is 12.8. The number of allylic oxidation sites excluding steroid dienone is 1. The van der Waals surface area contributed by atoms with E-state index in [0.717, 1.165) is 12.5 Å². The van der Waals surface area contributed by atoms with Gasteiger partial charge < -0.3 is 0 Å². The molecule has 0 spiro atoms. The molecule has 0 aliphatic carbocycles. The second kappa shape index (κ2) is 7.60. The molecule has 2 atom stereocenters. The quantitative estimate of drug-likeness (QED) is 0.531. The van der Waals surface area contributed by atoms with Crippen molar-refractivity contribution in [3.8, 4) is 0 Å². The minimum atomic E-state index is -1.37. The third kappa shape index (κ3) is 4.32. The van der Waals surface area contributed by atoms with E-state index in [0.29, 0.717) is 5.92 Å². The number of nitrogens with zero attached hydrogens (tertiary/aromatic N) is 2. The molecule has 0 bridgehead atoms. The van der Waals surface area contributed by atoms with Gasteiger partial charge in [-0.05, 0) is 31.4 Å². The maximum atomic E-state index is 4.94. The molecule has 130 valence electrons. The first-order chi connectivity index (χ1) is 11.2. The van der Waals surface area contributed by atoms with Gasteiger partial charge in [-0.1, -0.05) is 62.5 Å². The lowest BCUT2D eigenvalue weighted by Gasteiger charge is -2.27. The Morgan fingerprint density at radius 2 is 1.71 bits per heavy atom. The molecule has 0 N–H and O–H groups in total. The summed E-state index contributed by atoms with van der Waals surface area (Å²) in [7, 11) is -1.37. The molecule has 1 aromatic carbocycles. The standard InChI is InChI=1S/C21H32N2Si/c1-8-13-24(6,7)19-11-9-18(10-12-19)14-20-16(4)23-21(15(2)3)17(5)22-20/h8-12,15,20-21H,1,13-14H2,2-7H3/t20-,21+/m0/s1. The van der Waals surface area contributed by atoms with Gasteiger partial charge in [-0.2, -0.15) is 0 Å². The van der Waals surface area contributed by atoms with Crippen molar-refractivity contribution in [2.24, 2.45) is 15.9 Å². The summed E-state index contributed by atoms with van der Waals surface area (Å²) < 4.78 is 0. The molecule has 1 aliphatic rings. The van der Waals surface area contributed by atoms with Crippen molar-refractivity contribution in [2.45, 2.75) is 65.3 Å². The topological polar surface area (TPSA) is 24.7 Å². The van der Waals surface area contributed by atoms with Crippen LogP contribution in [0.5, 0.6) is 0 Å². The number of aliphatic imine (C=N–C) groups is 2. The molecule has 0 fully saturated rings. The molecule has 3 heteroatoms. The summed E-state index contributed by atoms with van der Waals surface area (Å²) in [6.45, 7) is 17.4. The van der Waals surface area contributed by atoms with Gasteiger partial charge in [0.05, 0.1) is 20.2 Å². The molecule has 0 saturated carbocycles. The molecule has 0 unspecified atom stereocenters. The Bertz CT molecular complexity index is 638. The molecular weight excluding hydrogens is 308 g/mol. The van der Waals surface area contributed by atoms with Gasteiger partial charge in [-0.3, -0.25) is 9.98 Å². The third-order valence-electron chi connectivity index (χ3n) is 5.06. The van der Waals surface area contributed by atoms with Gasteiger partial charge in [0.2, 0.25) is 0 Å². The molecule has 1 aromatic rings. The molecule has 2 rings (SSSR count). The van der Waals surface area contributed by atoms with Crippen molar-refractivity contribution >= 4 is 24.7 Å². The largest absolute Gasteiger partial charge is 0.283 e. The summed E-state index contributed by atoms with van der Waals surface area (Å²) in [4.78, 5) is 9.85. The van der Waals surface area contributed by atoms with Gasteiger partial charge in [0.1, 0.15) is 0 Å². The molecule has 0 saturated heterocycles. The maximum Gasteiger partial charge on any atom is 0.0913 e. The van der Waals surface area contributed by atoms with Crippen LogP contribution in [-0.2, 0) is 6.42 Å². The van der Waals surface area contributed by atoms with E-state index in [4.69, 9.17) is 9.98 Å². The predicted octanol–water partition coefficient (Wildman–Crippen LogP) is 4.66. The Balaban J connectivity index is 2.12. The zero-order valence-corrected chi connectivity index (χ0v) is 17.1. The Morgan fingerprint density at radius 1 is 1.08 bits per heavy atom. The van der Waals surface area contributed by atoms with E-state index in [1.54, 1.807) is 0 Å². The van der Waals surface area contributed by atoms with Gasteiger partial charge in [0, 0.05) is 17.8 Å². The van der Waals surface area contributed by atoms with E-state index in [9.17, 15) is 0 Å². The highest BCUT2D eigenvalue weighted by Gasteiger charge is 2.25. The van der Waals surface area contributed by atoms with Crippen LogP contribution < -0.4 is 5.19 Å². The minimum absolute atomic E-state index is 0.198. The van der Waals surface area contributed by atoms with Crippen LogP contribution in [0.3, 0.4) is 0 Å². The zero-order chi connectivity index (χ0) is 17.9. The average Bonchev–Trinajstić information content (AvgIpc) is 2.51. The van der Waals surface area contributed by atoms with Gasteiger partial charge >= 0.3 is 0 Å². The van der Waals surface area contributed by atoms with E-state index >= 15 is 0 Å². The van der Waals surface area contributed by atoms with E-state index in [-0.39, 0.29) is 12.1 Å². The highest BCUT2D eigenvalue weighted by Crippen LogP contribution is 2.19. The Morgan fingerprint density at radius 3 is 2.25 bits per heavy atom. The van der Waals surface area contributed by atoms with Crippen LogP contribution in [0.25, 0.3) is 0 Å². The summed E-state index contributed by atoms with van der Waals surface area (Å²) in [6, 6.07) is 10.8. The number of hydrogen-bond donors (Lipinski definition) is 0. The van der Waals surface area contributed by atoms with Gasteiger partial charge in [-0.25, -0.2) is 0 Å². The van der Waals surface area contributed by atoms with Crippen molar-refractivity contribution in [2.75, 3.05) is 0 Å². The first-order valence-electron chi connectivity index (χ1n) is 9.03. The van der Waals surface area contributed by atoms with Crippen LogP contribution in [0, 0.1) is 5.92 Å². The van der Waals surface area contributed by atoms with Crippen LogP contribution in [0.15, 0.2) is 46.9 Å². The van der Waals surface area contributed by atoms with Crippen LogP contribution >= 0.6 is 0 Å². The monoisotopic (exact) mass is 340 g/mol. The van der Waals surface area contributed by atoms with Crippen molar-refractivity contribution < 1.29 is 0 Å². The van der Waals surface area contributed by atoms with E-state index in [1.807, 2.05) is 0 Å². The van der Waals surface area contributed by atoms with Gasteiger partial charge in [-0.15, -0.1) is 6.58 Å². The summed E-state index contributed by atoms with van der Waals surface area (Å²) in [6.07, 6.45) is 3.01. The summed E-state index contributed by atoms with van der Waals surface area (Å²) >= 11 is 0. The molecule has 2 nitrogen and oxygen atoms in total. The van der Waals surface area contributed by atoms with Crippen LogP contribution in [0.4, 0.5) is 0 Å². The zero-order valence-electron chi connectivity index (χ0n) is 16.1. The lowest BCUT2D eigenvalue weighted by Crippen LogP contribution is -2.40. The van der Waals surface area contributed by atoms with E-state index < -0.39 is 8.07 Å². The van der Waals surface area contributed by atoms with Crippen molar-refractivity contribution in [3.63, 3.8) is 0 Å². The van der Waals surface area contributed by atoms with Crippen molar-refractivity contribution in [1.29, 1.82) is 0 Å². The van der Waals surface area contributed by atoms with E-state index in [2.05, 4.69) is 77.7 Å². The molecule has 24 heavy (non-hydrogen) atoms. The molecule has 1 heterocycles. The molecular formula is C21H32N2Si. The fraction of sp³-hybridized carbons (Fsp3) is 0.524. The fourth-order valence-corrected chi connectivity index (χ4v) is 5.46. The Labute approximate surface area is 148 Å². The highest BCUT2D eigenvalue weighted by atomic mass is 28.3. The van der Waals surface area contributed by atoms with Crippen LogP contribution in [0.2, 0.25) is 19.1 Å². The fourth-order valence-electron chi connectivity index (χ4n) is 3.43. The molecule has 0 amide bonds. The first-order valence-corrected chi connectivity index (χ1v) is 12.2. The van der Waals surface area contributed by atoms with Crippen LogP contribution in [-0.4, -0.2) is 31.6 Å². The number of rotatable bonds is 6. The highest BCUT2D eigenvalue weighted by molar-refractivity contribution is 6.90. The Kier molecular flexibility index (Phi) is 5.97. The lowest BCUT2D eigenvalue weighted by atomic mass is 9.95. The first kappa shape index (κ1) is 18.8. The van der Waals surface area contributed by atoms with Gasteiger partial charge in [0.15, 0.2) is 0 Å².